The van der Waals surface area contributed by atoms with Gasteiger partial charge in [0.2, 0.25) is 0 Å². The number of rotatable bonds is 3. The average molecular weight is 288 g/mol. The summed E-state index contributed by atoms with van der Waals surface area (Å²) in [4.78, 5) is 12.7. The first-order valence-corrected chi connectivity index (χ1v) is 7.65. The van der Waals surface area contributed by atoms with E-state index < -0.39 is 5.41 Å². The summed E-state index contributed by atoms with van der Waals surface area (Å²) >= 11 is 0. The maximum absolute atomic E-state index is 12.7. The molecule has 0 radical (unpaired) electrons. The number of Topliss-reactive ketones (excluding diaryl/α,β-unsaturated/α-hetero) is 1. The van der Waals surface area contributed by atoms with Crippen molar-refractivity contribution in [3.05, 3.63) is 82.9 Å². The van der Waals surface area contributed by atoms with Gasteiger partial charge in [-0.25, -0.2) is 0 Å². The lowest BCUT2D eigenvalue weighted by atomic mass is 9.69. The first kappa shape index (κ1) is 14.5. The van der Waals surface area contributed by atoms with Gasteiger partial charge in [0.05, 0.1) is 5.41 Å². The molecule has 0 spiro atoms. The number of hydrogen-bond acceptors (Lipinski definition) is 1. The number of carbonyl (C=O) groups is 1. The Hall–Kier alpha value is -2.41. The van der Waals surface area contributed by atoms with Gasteiger partial charge in [-0.15, -0.1) is 0 Å². The van der Waals surface area contributed by atoms with Crippen LogP contribution in [-0.4, -0.2) is 5.78 Å². The highest BCUT2D eigenvalue weighted by atomic mass is 16.1. The number of carbonyl (C=O) groups excluding carboxylic acids is 1. The summed E-state index contributed by atoms with van der Waals surface area (Å²) in [6.07, 6.45) is 6.92. The molecule has 0 saturated carbocycles. The van der Waals surface area contributed by atoms with E-state index in [0.717, 1.165) is 22.3 Å². The number of ketones is 1. The highest BCUT2D eigenvalue weighted by molar-refractivity contribution is 6.09. The van der Waals surface area contributed by atoms with Crippen molar-refractivity contribution < 1.29 is 4.79 Å². The van der Waals surface area contributed by atoms with Crippen LogP contribution in [0.15, 0.2) is 66.2 Å². The molecule has 0 aromatic heterocycles. The summed E-state index contributed by atoms with van der Waals surface area (Å²) in [5.74, 6) is 0.226. The van der Waals surface area contributed by atoms with Gasteiger partial charge >= 0.3 is 0 Å². The molecule has 1 heteroatoms. The fourth-order valence-electron chi connectivity index (χ4n) is 3.18. The molecule has 0 unspecified atom stereocenters. The van der Waals surface area contributed by atoms with Crippen molar-refractivity contribution in [2.24, 2.45) is 0 Å². The van der Waals surface area contributed by atoms with Gasteiger partial charge in [0.1, 0.15) is 0 Å². The van der Waals surface area contributed by atoms with E-state index in [1.165, 1.54) is 0 Å². The van der Waals surface area contributed by atoms with Crippen LogP contribution in [0.5, 0.6) is 0 Å². The lowest BCUT2D eigenvalue weighted by molar-refractivity contribution is -0.120. The third-order valence-corrected chi connectivity index (χ3v) is 4.42. The normalized spacial score (nSPS) is 20.8. The fraction of sp³-hybridized carbons (Fsp3) is 0.190. The molecule has 1 aliphatic rings. The lowest BCUT2D eigenvalue weighted by Gasteiger charge is -2.33. The maximum Gasteiger partial charge on any atom is 0.169 e. The molecular weight excluding hydrogens is 268 g/mol. The largest absolute Gasteiger partial charge is 0.294 e. The van der Waals surface area contributed by atoms with Crippen molar-refractivity contribution in [3.8, 4) is 0 Å². The number of fused-ring (bicyclic) bond motifs is 1. The minimum absolute atomic E-state index is 0.226. The molecule has 110 valence electrons. The average Bonchev–Trinajstić information content (AvgIpc) is 2.54. The second-order valence-electron chi connectivity index (χ2n) is 6.09. The van der Waals surface area contributed by atoms with Crippen LogP contribution >= 0.6 is 0 Å². The second kappa shape index (κ2) is 5.76. The molecule has 0 fully saturated rings. The third kappa shape index (κ3) is 2.55. The first-order chi connectivity index (χ1) is 10.6. The van der Waals surface area contributed by atoms with Crippen LogP contribution in [-0.2, 0) is 10.2 Å². The van der Waals surface area contributed by atoms with Crippen LogP contribution in [0.4, 0.5) is 0 Å². The molecular formula is C21H20O. The Morgan fingerprint density at radius 3 is 2.45 bits per heavy atom. The molecule has 0 saturated heterocycles. The summed E-state index contributed by atoms with van der Waals surface area (Å²) in [6, 6.07) is 18.4. The minimum Gasteiger partial charge on any atom is -0.294 e. The second-order valence-corrected chi connectivity index (χ2v) is 6.09. The van der Waals surface area contributed by atoms with Crippen molar-refractivity contribution in [3.63, 3.8) is 0 Å². The fourth-order valence-corrected chi connectivity index (χ4v) is 3.18. The number of hydrogen-bond donors (Lipinski definition) is 0. The molecule has 1 aliphatic carbocycles. The predicted octanol–water partition coefficient (Wildman–Crippen LogP) is 5.03. The van der Waals surface area contributed by atoms with Crippen molar-refractivity contribution in [1.82, 2.24) is 0 Å². The molecule has 0 amide bonds. The van der Waals surface area contributed by atoms with Crippen molar-refractivity contribution in [2.45, 2.75) is 25.7 Å². The Morgan fingerprint density at radius 1 is 1.00 bits per heavy atom. The molecule has 3 rings (SSSR count). The van der Waals surface area contributed by atoms with Crippen LogP contribution in [0, 0.1) is 0 Å². The molecule has 0 N–H and O–H groups in total. The van der Waals surface area contributed by atoms with E-state index in [1.807, 2.05) is 43.3 Å². The molecule has 2 aromatic carbocycles. The summed E-state index contributed by atoms with van der Waals surface area (Å²) in [5, 5.41) is 0. The Bertz CT molecular complexity index is 752. The smallest absolute Gasteiger partial charge is 0.169 e. The topological polar surface area (TPSA) is 17.1 Å². The Morgan fingerprint density at radius 2 is 1.68 bits per heavy atom. The van der Waals surface area contributed by atoms with E-state index >= 15 is 0 Å². The van der Waals surface area contributed by atoms with E-state index in [-0.39, 0.29) is 5.78 Å². The summed E-state index contributed by atoms with van der Waals surface area (Å²) in [7, 11) is 0. The summed E-state index contributed by atoms with van der Waals surface area (Å²) in [6.45, 7) is 3.97. The molecule has 2 aromatic rings. The van der Waals surface area contributed by atoms with E-state index in [9.17, 15) is 4.79 Å². The van der Waals surface area contributed by atoms with Crippen LogP contribution in [0.1, 0.15) is 37.0 Å². The van der Waals surface area contributed by atoms with Gasteiger partial charge in [-0.3, -0.25) is 4.79 Å². The van der Waals surface area contributed by atoms with Crippen molar-refractivity contribution in [2.75, 3.05) is 0 Å². The Balaban J connectivity index is 1.93. The highest BCUT2D eigenvalue weighted by Crippen LogP contribution is 2.38. The molecule has 1 nitrogen and oxygen atoms in total. The van der Waals surface area contributed by atoms with Gasteiger partial charge < -0.3 is 0 Å². The van der Waals surface area contributed by atoms with Gasteiger partial charge in [0, 0.05) is 0 Å². The van der Waals surface area contributed by atoms with Crippen molar-refractivity contribution >= 4 is 17.9 Å². The predicted molar refractivity (Wildman–Crippen MR) is 92.5 cm³/mol. The first-order valence-electron chi connectivity index (χ1n) is 7.65. The quantitative estimate of drug-likeness (QED) is 0.774. The number of allylic oxidation sites excluding steroid dienone is 2. The van der Waals surface area contributed by atoms with Gasteiger partial charge in [-0.2, -0.15) is 0 Å². The van der Waals surface area contributed by atoms with E-state index in [1.54, 1.807) is 0 Å². The molecule has 22 heavy (non-hydrogen) atoms. The minimum atomic E-state index is -0.472. The van der Waals surface area contributed by atoms with Gasteiger partial charge in [-0.05, 0) is 48.6 Å². The molecule has 0 aliphatic heterocycles. The monoisotopic (exact) mass is 288 g/mol. The van der Waals surface area contributed by atoms with E-state index in [2.05, 4.69) is 43.3 Å². The van der Waals surface area contributed by atoms with Crippen molar-refractivity contribution in [1.29, 1.82) is 0 Å². The zero-order valence-electron chi connectivity index (χ0n) is 13.0. The molecule has 0 bridgehead atoms. The molecule has 1 atom stereocenters. The summed E-state index contributed by atoms with van der Waals surface area (Å²) in [5.41, 5.74) is 3.82. The number of benzene rings is 2. The maximum atomic E-state index is 12.7. The zero-order valence-corrected chi connectivity index (χ0v) is 13.0. The van der Waals surface area contributed by atoms with E-state index in [0.29, 0.717) is 6.42 Å². The van der Waals surface area contributed by atoms with Crippen LogP contribution in [0.2, 0.25) is 0 Å². The van der Waals surface area contributed by atoms with Gasteiger partial charge in [-0.1, -0.05) is 66.7 Å². The summed E-state index contributed by atoms with van der Waals surface area (Å²) < 4.78 is 0. The van der Waals surface area contributed by atoms with Gasteiger partial charge in [0.25, 0.3) is 0 Å². The third-order valence-electron chi connectivity index (χ3n) is 4.42. The van der Waals surface area contributed by atoms with Crippen LogP contribution in [0.3, 0.4) is 0 Å². The standard InChI is InChI=1S/C21H20O/c1-16-15-18-12-6-7-13-19(18)21(2,20(16)22)14-8-11-17-9-4-3-5-10-17/h3-13,15H,14H2,1-2H3/b11-8+/t21-/m1/s1. The van der Waals surface area contributed by atoms with Crippen LogP contribution < -0.4 is 0 Å². The zero-order chi connectivity index (χ0) is 15.6. The lowest BCUT2D eigenvalue weighted by Crippen LogP contribution is -2.35. The van der Waals surface area contributed by atoms with Crippen LogP contribution in [0.25, 0.3) is 12.2 Å². The Labute approximate surface area is 132 Å². The van der Waals surface area contributed by atoms with E-state index in [4.69, 9.17) is 0 Å². The molecule has 0 heterocycles. The van der Waals surface area contributed by atoms with Gasteiger partial charge in [0.15, 0.2) is 5.78 Å². The SMILES string of the molecule is CC1=Cc2ccccc2[C@@](C)(C/C=C/c2ccccc2)C1=O. The Kier molecular flexibility index (Phi) is 3.81. The highest BCUT2D eigenvalue weighted by Gasteiger charge is 2.38.